The summed E-state index contributed by atoms with van der Waals surface area (Å²) in [6.45, 7) is 3.65. The third-order valence-corrected chi connectivity index (χ3v) is 7.02. The molecule has 1 amide bonds. The Kier molecular flexibility index (Phi) is 6.36. The smallest absolute Gasteiger partial charge is 0.270 e. The minimum atomic E-state index is -0.436. The number of carbonyl (C=O) groups excluding carboxylic acids is 1. The van der Waals surface area contributed by atoms with Crippen LogP contribution >= 0.6 is 11.8 Å². The van der Waals surface area contributed by atoms with Crippen LogP contribution in [0.3, 0.4) is 0 Å². The van der Waals surface area contributed by atoms with Gasteiger partial charge in [-0.25, -0.2) is 15.0 Å². The zero-order chi connectivity index (χ0) is 22.8. The van der Waals surface area contributed by atoms with Crippen LogP contribution in [0.4, 0.5) is 5.82 Å². The van der Waals surface area contributed by atoms with E-state index in [1.807, 2.05) is 18.2 Å². The molecular formula is C22H25N7O3S. The molecule has 5 rings (SSSR count). The van der Waals surface area contributed by atoms with E-state index in [0.29, 0.717) is 55.5 Å². The molecule has 3 aromatic rings. The van der Waals surface area contributed by atoms with Gasteiger partial charge in [-0.3, -0.25) is 19.1 Å². The zero-order valence-electron chi connectivity index (χ0n) is 18.0. The molecule has 3 N–H and O–H groups in total. The number of anilines is 1. The molecule has 0 unspecified atom stereocenters. The van der Waals surface area contributed by atoms with Crippen molar-refractivity contribution < 1.29 is 9.90 Å². The molecule has 2 atom stereocenters. The molecule has 0 aliphatic carbocycles. The van der Waals surface area contributed by atoms with E-state index in [4.69, 9.17) is 0 Å². The lowest BCUT2D eigenvalue weighted by Gasteiger charge is -2.18. The lowest BCUT2D eigenvalue weighted by atomic mass is 10.1. The average Bonchev–Trinajstić information content (AvgIpc) is 3.17. The second kappa shape index (κ2) is 9.56. The third kappa shape index (κ3) is 4.91. The van der Waals surface area contributed by atoms with Gasteiger partial charge in [-0.1, -0.05) is 0 Å². The number of fused-ring (bicyclic) bond motifs is 2. The highest BCUT2D eigenvalue weighted by atomic mass is 32.2. The zero-order valence-corrected chi connectivity index (χ0v) is 18.8. The highest BCUT2D eigenvalue weighted by Crippen LogP contribution is 2.29. The Morgan fingerprint density at radius 3 is 3.00 bits per heavy atom. The molecule has 0 aromatic carbocycles. The molecule has 0 saturated carbocycles. The summed E-state index contributed by atoms with van der Waals surface area (Å²) in [7, 11) is 0. The molecule has 10 nitrogen and oxygen atoms in total. The van der Waals surface area contributed by atoms with Crippen molar-refractivity contribution in [3.05, 3.63) is 52.7 Å². The first-order valence-corrected chi connectivity index (χ1v) is 11.9. The molecule has 0 radical (unpaired) electrons. The number of thioether (sulfide) groups is 1. The van der Waals surface area contributed by atoms with Crippen LogP contribution in [0, 0.1) is 5.92 Å². The van der Waals surface area contributed by atoms with Crippen molar-refractivity contribution in [2.75, 3.05) is 37.2 Å². The third-order valence-electron chi connectivity index (χ3n) is 5.97. The number of aliphatic hydroxyl groups excluding tert-OH is 1. The summed E-state index contributed by atoms with van der Waals surface area (Å²) in [6, 6.07) is 7.57. The minimum absolute atomic E-state index is 0.0305. The summed E-state index contributed by atoms with van der Waals surface area (Å²) < 4.78 is 1.64. The van der Waals surface area contributed by atoms with Crippen LogP contribution in [0.15, 0.2) is 46.3 Å². The molecule has 1 saturated heterocycles. The van der Waals surface area contributed by atoms with Gasteiger partial charge >= 0.3 is 0 Å². The number of rotatable bonds is 7. The van der Waals surface area contributed by atoms with Crippen LogP contribution < -0.4 is 16.2 Å². The van der Waals surface area contributed by atoms with Crippen molar-refractivity contribution in [3.8, 4) is 0 Å². The molecule has 1 fully saturated rings. The number of pyridine rings is 2. The number of carbonyl (C=O) groups is 1. The minimum Gasteiger partial charge on any atom is -0.391 e. The topological polar surface area (TPSA) is 125 Å². The SMILES string of the molecule is O=C1CSc2ccc(CNC[C@H]3CN(CCn4c(=O)cnc5cccnc54)C[C@H]3O)nc2N1. The van der Waals surface area contributed by atoms with Gasteiger partial charge in [-0.2, -0.15) is 0 Å². The summed E-state index contributed by atoms with van der Waals surface area (Å²) in [5, 5.41) is 16.7. The van der Waals surface area contributed by atoms with Crippen molar-refractivity contribution in [1.82, 2.24) is 29.7 Å². The van der Waals surface area contributed by atoms with Crippen molar-refractivity contribution in [2.45, 2.75) is 24.1 Å². The summed E-state index contributed by atoms with van der Waals surface area (Å²) in [4.78, 5) is 40.0. The fourth-order valence-corrected chi connectivity index (χ4v) is 5.02. The fourth-order valence-electron chi connectivity index (χ4n) is 4.27. The van der Waals surface area contributed by atoms with Gasteiger partial charge < -0.3 is 15.7 Å². The van der Waals surface area contributed by atoms with E-state index in [0.717, 1.165) is 17.1 Å². The van der Waals surface area contributed by atoms with E-state index in [1.165, 1.54) is 18.0 Å². The molecule has 33 heavy (non-hydrogen) atoms. The summed E-state index contributed by atoms with van der Waals surface area (Å²) >= 11 is 1.49. The first-order chi connectivity index (χ1) is 16.1. The molecule has 172 valence electrons. The van der Waals surface area contributed by atoms with Gasteiger partial charge in [0, 0.05) is 51.4 Å². The maximum atomic E-state index is 12.3. The number of aromatic nitrogens is 4. The second-order valence-corrected chi connectivity index (χ2v) is 9.32. The van der Waals surface area contributed by atoms with Crippen LogP contribution in [-0.4, -0.2) is 73.5 Å². The van der Waals surface area contributed by atoms with Crippen molar-refractivity contribution >= 4 is 34.7 Å². The molecule has 2 aliphatic rings. The molecule has 3 aromatic heterocycles. The van der Waals surface area contributed by atoms with Gasteiger partial charge in [0.05, 0.1) is 28.6 Å². The van der Waals surface area contributed by atoms with E-state index >= 15 is 0 Å². The first-order valence-electron chi connectivity index (χ1n) is 10.9. The Hall–Kier alpha value is -2.86. The van der Waals surface area contributed by atoms with Crippen LogP contribution in [0.25, 0.3) is 11.2 Å². The molecule has 11 heteroatoms. The maximum Gasteiger partial charge on any atom is 0.270 e. The predicted molar refractivity (Wildman–Crippen MR) is 125 cm³/mol. The van der Waals surface area contributed by atoms with Gasteiger partial charge in [0.1, 0.15) is 11.3 Å². The van der Waals surface area contributed by atoms with Gasteiger partial charge in [-0.15, -0.1) is 11.8 Å². The van der Waals surface area contributed by atoms with E-state index in [2.05, 4.69) is 30.5 Å². The van der Waals surface area contributed by atoms with Crippen molar-refractivity contribution in [1.29, 1.82) is 0 Å². The fraction of sp³-hybridized carbons (Fsp3) is 0.409. The van der Waals surface area contributed by atoms with Gasteiger partial charge in [0.15, 0.2) is 5.65 Å². The molecule has 2 aliphatic heterocycles. The van der Waals surface area contributed by atoms with Crippen LogP contribution in [0.2, 0.25) is 0 Å². The lowest BCUT2D eigenvalue weighted by Crippen LogP contribution is -2.31. The number of likely N-dealkylation sites (tertiary alicyclic amines) is 1. The van der Waals surface area contributed by atoms with Crippen LogP contribution in [0.5, 0.6) is 0 Å². The number of hydrogen-bond acceptors (Lipinski definition) is 9. The maximum absolute atomic E-state index is 12.3. The number of hydrogen-bond donors (Lipinski definition) is 3. The van der Waals surface area contributed by atoms with Crippen molar-refractivity contribution in [2.24, 2.45) is 5.92 Å². The van der Waals surface area contributed by atoms with E-state index in [-0.39, 0.29) is 17.4 Å². The molecule has 0 spiro atoms. The standard InChI is InChI=1S/C22H25N7O3S/c30-17-12-28(6-7-29-20(32)10-25-16-2-1-5-24-22(16)29)11-14(17)8-23-9-15-3-4-18-21(26-15)27-19(31)13-33-18/h1-5,10,14,17,23,30H,6-9,11-13H2,(H,26,27,31)/t14-,17+/m0/s1. The Bertz CT molecular complexity index is 1230. The summed E-state index contributed by atoms with van der Waals surface area (Å²) in [6.07, 6.45) is 2.55. The Morgan fingerprint density at radius 1 is 1.18 bits per heavy atom. The first kappa shape index (κ1) is 22.0. The highest BCUT2D eigenvalue weighted by Gasteiger charge is 2.30. The Balaban J connectivity index is 1.14. The van der Waals surface area contributed by atoms with Crippen LogP contribution in [-0.2, 0) is 17.9 Å². The van der Waals surface area contributed by atoms with E-state index in [1.54, 1.807) is 16.8 Å². The second-order valence-electron chi connectivity index (χ2n) is 8.30. The number of aliphatic hydroxyl groups is 1. The average molecular weight is 468 g/mol. The van der Waals surface area contributed by atoms with E-state index < -0.39 is 6.10 Å². The number of nitrogens with one attached hydrogen (secondary N) is 2. The summed E-state index contributed by atoms with van der Waals surface area (Å²) in [5.74, 6) is 1.10. The highest BCUT2D eigenvalue weighted by molar-refractivity contribution is 8.00. The normalized spacial score (nSPS) is 20.7. The van der Waals surface area contributed by atoms with Crippen molar-refractivity contribution in [3.63, 3.8) is 0 Å². The van der Waals surface area contributed by atoms with Crippen LogP contribution in [0.1, 0.15) is 5.69 Å². The monoisotopic (exact) mass is 467 g/mol. The number of β-amino-alcohol motifs (C(OH)–C–C–N with tert-alkyl or cyclic N) is 1. The largest absolute Gasteiger partial charge is 0.391 e. The van der Waals surface area contributed by atoms with E-state index in [9.17, 15) is 14.7 Å². The molecular weight excluding hydrogens is 442 g/mol. The summed E-state index contributed by atoms with van der Waals surface area (Å²) in [5.41, 5.74) is 1.94. The van der Waals surface area contributed by atoms with Gasteiger partial charge in [0.25, 0.3) is 5.56 Å². The lowest BCUT2D eigenvalue weighted by molar-refractivity contribution is -0.113. The van der Waals surface area contributed by atoms with Gasteiger partial charge in [0.2, 0.25) is 5.91 Å². The molecule has 5 heterocycles. The Labute approximate surface area is 194 Å². The predicted octanol–water partition coefficient (Wildman–Crippen LogP) is 0.313. The quantitative estimate of drug-likeness (QED) is 0.450. The van der Waals surface area contributed by atoms with Gasteiger partial charge in [-0.05, 0) is 24.3 Å². The Morgan fingerprint density at radius 2 is 2.09 bits per heavy atom. The number of nitrogens with zero attached hydrogens (tertiary/aromatic N) is 5. The number of amides is 1. The molecule has 0 bridgehead atoms.